The highest BCUT2D eigenvalue weighted by molar-refractivity contribution is 5.70. The van der Waals surface area contributed by atoms with Crippen molar-refractivity contribution in [1.82, 2.24) is 0 Å². The summed E-state index contributed by atoms with van der Waals surface area (Å²) in [6.45, 7) is 2.65. The summed E-state index contributed by atoms with van der Waals surface area (Å²) in [6, 6.07) is 0. The van der Waals surface area contributed by atoms with Crippen LogP contribution in [-0.2, 0) is 38.0 Å². The number of aliphatic hydroxyl groups is 7. The molecule has 0 radical (unpaired) electrons. The van der Waals surface area contributed by atoms with Crippen LogP contribution in [0, 0.1) is 0 Å². The normalized spacial score (nSPS) is 24.3. The number of aliphatic hydroxyl groups excluding tert-OH is 7. The Labute approximate surface area is 460 Å². The molecule has 11 atom stereocenters. The largest absolute Gasteiger partial charge is 0.462 e. The van der Waals surface area contributed by atoms with Crippen LogP contribution in [0.2, 0.25) is 0 Å². The number of carbonyl (C=O) groups is 2. The summed E-state index contributed by atoms with van der Waals surface area (Å²) in [5.74, 6) is -0.909. The van der Waals surface area contributed by atoms with Crippen LogP contribution in [0.3, 0.4) is 0 Å². The van der Waals surface area contributed by atoms with Gasteiger partial charge in [-0.25, -0.2) is 0 Å². The molecule has 0 spiro atoms. The molecule has 0 aliphatic carbocycles. The van der Waals surface area contributed by atoms with Gasteiger partial charge in [-0.3, -0.25) is 9.59 Å². The second-order valence-electron chi connectivity index (χ2n) is 22.2. The first-order valence-corrected chi connectivity index (χ1v) is 31.3. The Hall–Kier alpha value is -1.76. The number of hydrogen-bond donors (Lipinski definition) is 7. The quantitative estimate of drug-likeness (QED) is 0.0171. The molecular weight excluding hydrogens is 973 g/mol. The molecule has 2 rings (SSSR count). The topological polar surface area (TPSA) is 231 Å². The van der Waals surface area contributed by atoms with Crippen molar-refractivity contribution < 1.29 is 73.8 Å². The SMILES string of the molecule is CCCCCCCC/C=C/CCCCCCCCCCCC(=O)O[C@@H](COC(=O)CCCCCCCCCCCCCCCCCCCCCCC)CO[C@@H]1O[C@H](CO[C@@H]2O[C@H](CO)[C@H](O)C(O)C2O)[C@H](O)C(O)C1O. The summed E-state index contributed by atoms with van der Waals surface area (Å²) in [5, 5.41) is 72.4. The Bertz CT molecular complexity index is 1370. The van der Waals surface area contributed by atoms with Crippen LogP contribution in [0.4, 0.5) is 0 Å². The summed E-state index contributed by atoms with van der Waals surface area (Å²) in [5.41, 5.74) is 0. The smallest absolute Gasteiger partial charge is 0.306 e. The minimum absolute atomic E-state index is 0.168. The molecule has 15 nitrogen and oxygen atoms in total. The van der Waals surface area contributed by atoms with Gasteiger partial charge in [-0.15, -0.1) is 0 Å². The van der Waals surface area contributed by atoms with Crippen molar-refractivity contribution in [3.63, 3.8) is 0 Å². The Kier molecular flexibility index (Phi) is 44.4. The van der Waals surface area contributed by atoms with Crippen LogP contribution in [-0.4, -0.2) is 142 Å². The van der Waals surface area contributed by atoms with E-state index in [2.05, 4.69) is 26.0 Å². The molecule has 15 heteroatoms. The lowest BCUT2D eigenvalue weighted by Gasteiger charge is -2.42. The predicted octanol–water partition coefficient (Wildman–Crippen LogP) is 11.3. The standard InChI is InChI=1S/C61H114O15/c1-3-5-7-9-11-13-15-17-19-21-23-24-26-27-29-31-33-35-37-39-41-43-52(63)71-46-49(74-53(64)44-42-40-38-36-34-32-30-28-25-22-20-18-16-14-12-10-8-6-4-2)47-72-60-59(70)57(68)55(66)51(76-60)48-73-61-58(69)56(67)54(65)50(45-62)75-61/h18,20,49-51,54-62,65-70H,3-17,19,21-48H2,1-2H3/b20-18+/t49-,50+,51+,54-,55-,56?,57?,58?,59?,60+,61+/m0/s1. The number of ether oxygens (including phenoxy) is 6. The number of rotatable bonds is 51. The highest BCUT2D eigenvalue weighted by Crippen LogP contribution is 2.27. The number of unbranched alkanes of at least 4 members (excludes halogenated alkanes) is 35. The Balaban J connectivity index is 1.71. The third-order valence-electron chi connectivity index (χ3n) is 15.2. The van der Waals surface area contributed by atoms with Gasteiger partial charge in [0.25, 0.3) is 0 Å². The zero-order chi connectivity index (χ0) is 55.3. The number of esters is 2. The van der Waals surface area contributed by atoms with Crippen molar-refractivity contribution in [3.8, 4) is 0 Å². The Morgan fingerprint density at radius 1 is 0.408 bits per heavy atom. The van der Waals surface area contributed by atoms with Gasteiger partial charge in [0.1, 0.15) is 55.4 Å². The molecule has 4 unspecified atom stereocenters. The summed E-state index contributed by atoms with van der Waals surface area (Å²) in [4.78, 5) is 26.0. The summed E-state index contributed by atoms with van der Waals surface area (Å²) in [6.07, 6.45) is 35.2. The molecule has 2 aliphatic heterocycles. The van der Waals surface area contributed by atoms with E-state index in [-0.39, 0.29) is 26.1 Å². The minimum Gasteiger partial charge on any atom is -0.462 e. The van der Waals surface area contributed by atoms with Gasteiger partial charge < -0.3 is 64.2 Å². The number of carbonyl (C=O) groups excluding carboxylic acids is 2. The fraction of sp³-hybridized carbons (Fsp3) is 0.934. The molecule has 0 aromatic rings. The molecule has 0 aromatic carbocycles. The molecule has 2 aliphatic rings. The van der Waals surface area contributed by atoms with Crippen LogP contribution in [0.25, 0.3) is 0 Å². The van der Waals surface area contributed by atoms with Crippen LogP contribution in [0.5, 0.6) is 0 Å². The molecule has 76 heavy (non-hydrogen) atoms. The van der Waals surface area contributed by atoms with Crippen LogP contribution in [0.15, 0.2) is 12.2 Å². The van der Waals surface area contributed by atoms with Gasteiger partial charge in [-0.1, -0.05) is 231 Å². The molecule has 0 aromatic heterocycles. The van der Waals surface area contributed by atoms with E-state index >= 15 is 0 Å². The van der Waals surface area contributed by atoms with E-state index < -0.39 is 92.7 Å². The summed E-state index contributed by atoms with van der Waals surface area (Å²) in [7, 11) is 0. The van der Waals surface area contributed by atoms with Gasteiger partial charge >= 0.3 is 11.9 Å². The first-order chi connectivity index (χ1) is 37.0. The van der Waals surface area contributed by atoms with Gasteiger partial charge in [-0.05, 0) is 38.5 Å². The molecule has 2 fully saturated rings. The first kappa shape index (κ1) is 70.3. The van der Waals surface area contributed by atoms with Crippen LogP contribution >= 0.6 is 0 Å². The van der Waals surface area contributed by atoms with Gasteiger partial charge in [0, 0.05) is 12.8 Å². The fourth-order valence-electron chi connectivity index (χ4n) is 10.2. The second-order valence-corrected chi connectivity index (χ2v) is 22.2. The van der Waals surface area contributed by atoms with E-state index in [0.29, 0.717) is 12.8 Å². The Morgan fingerprint density at radius 2 is 0.750 bits per heavy atom. The average molecular weight is 1090 g/mol. The molecule has 7 N–H and O–H groups in total. The molecule has 0 saturated carbocycles. The maximum absolute atomic E-state index is 13.1. The lowest BCUT2D eigenvalue weighted by Crippen LogP contribution is -2.61. The van der Waals surface area contributed by atoms with Crippen molar-refractivity contribution >= 4 is 11.9 Å². The minimum atomic E-state index is -1.76. The monoisotopic (exact) mass is 1090 g/mol. The molecule has 2 heterocycles. The van der Waals surface area contributed by atoms with Crippen molar-refractivity contribution in [2.45, 2.75) is 338 Å². The van der Waals surface area contributed by atoms with E-state index in [0.717, 1.165) is 44.9 Å². The fourth-order valence-corrected chi connectivity index (χ4v) is 10.2. The number of allylic oxidation sites excluding steroid dienone is 2. The van der Waals surface area contributed by atoms with E-state index in [9.17, 15) is 45.3 Å². The molecular formula is C61H114O15. The van der Waals surface area contributed by atoms with Crippen molar-refractivity contribution in [1.29, 1.82) is 0 Å². The third-order valence-corrected chi connectivity index (χ3v) is 15.2. The molecule has 2 saturated heterocycles. The lowest BCUT2D eigenvalue weighted by molar-refractivity contribution is -0.332. The van der Waals surface area contributed by atoms with E-state index in [1.165, 1.54) is 186 Å². The van der Waals surface area contributed by atoms with Crippen molar-refractivity contribution in [2.75, 3.05) is 26.4 Å². The maximum atomic E-state index is 13.1. The van der Waals surface area contributed by atoms with Gasteiger partial charge in [0.2, 0.25) is 0 Å². The highest BCUT2D eigenvalue weighted by atomic mass is 16.7. The lowest BCUT2D eigenvalue weighted by atomic mass is 9.98. The zero-order valence-corrected chi connectivity index (χ0v) is 48.0. The van der Waals surface area contributed by atoms with E-state index in [1.807, 2.05) is 0 Å². The predicted molar refractivity (Wildman–Crippen MR) is 298 cm³/mol. The first-order valence-electron chi connectivity index (χ1n) is 31.3. The molecule has 0 amide bonds. The summed E-state index contributed by atoms with van der Waals surface area (Å²) >= 11 is 0. The average Bonchev–Trinajstić information content (AvgIpc) is 3.41. The van der Waals surface area contributed by atoms with Crippen LogP contribution < -0.4 is 0 Å². The maximum Gasteiger partial charge on any atom is 0.306 e. The summed E-state index contributed by atoms with van der Waals surface area (Å²) < 4.78 is 33.8. The van der Waals surface area contributed by atoms with Crippen molar-refractivity contribution in [3.05, 3.63) is 12.2 Å². The highest BCUT2D eigenvalue weighted by Gasteiger charge is 2.47. The second kappa shape index (κ2) is 48.0. The van der Waals surface area contributed by atoms with Crippen LogP contribution in [0.1, 0.15) is 271 Å². The number of hydrogen-bond acceptors (Lipinski definition) is 15. The Morgan fingerprint density at radius 3 is 1.16 bits per heavy atom. The third kappa shape index (κ3) is 34.4. The molecule has 448 valence electrons. The van der Waals surface area contributed by atoms with Gasteiger partial charge in [0.15, 0.2) is 18.7 Å². The van der Waals surface area contributed by atoms with E-state index in [1.54, 1.807) is 0 Å². The van der Waals surface area contributed by atoms with E-state index in [4.69, 9.17) is 28.4 Å². The van der Waals surface area contributed by atoms with Gasteiger partial charge in [0.05, 0.1) is 19.8 Å². The van der Waals surface area contributed by atoms with Crippen molar-refractivity contribution in [2.24, 2.45) is 0 Å². The molecule has 0 bridgehead atoms. The van der Waals surface area contributed by atoms with Gasteiger partial charge in [-0.2, -0.15) is 0 Å². The zero-order valence-electron chi connectivity index (χ0n) is 48.0.